The number of nitrogens with one attached hydrogen (secondary N) is 1. The summed E-state index contributed by atoms with van der Waals surface area (Å²) in [4.78, 5) is 0. The Hall–Kier alpha value is -0.560. The largest absolute Gasteiger partial charge is 0.379 e. The summed E-state index contributed by atoms with van der Waals surface area (Å²) in [5.74, 6) is 8.63. The zero-order valence-electron chi connectivity index (χ0n) is 7.42. The van der Waals surface area contributed by atoms with Gasteiger partial charge in [0.2, 0.25) is 0 Å². The second kappa shape index (κ2) is 4.46. The van der Waals surface area contributed by atoms with Crippen molar-refractivity contribution < 1.29 is 4.74 Å². The second-order valence-corrected chi connectivity index (χ2v) is 3.22. The first-order chi connectivity index (χ1) is 5.83. The van der Waals surface area contributed by atoms with Gasteiger partial charge in [-0.25, -0.2) is 0 Å². The highest BCUT2D eigenvalue weighted by Gasteiger charge is 2.35. The van der Waals surface area contributed by atoms with Gasteiger partial charge in [0.1, 0.15) is 0 Å². The van der Waals surface area contributed by atoms with E-state index in [2.05, 4.69) is 11.3 Å². The number of methoxy groups -OCH3 is 1. The van der Waals surface area contributed by atoms with Crippen molar-refractivity contribution in [2.75, 3.05) is 7.11 Å². The fraction of sp³-hybridized carbons (Fsp3) is 0.778. The molecule has 3 N–H and O–H groups in total. The van der Waals surface area contributed by atoms with E-state index in [1.165, 1.54) is 12.8 Å². The summed E-state index contributed by atoms with van der Waals surface area (Å²) in [6.07, 6.45) is 8.51. The molecule has 0 radical (unpaired) electrons. The summed E-state index contributed by atoms with van der Waals surface area (Å²) in [5.41, 5.74) is 2.71. The zero-order valence-corrected chi connectivity index (χ0v) is 7.42. The van der Waals surface area contributed by atoms with Crippen LogP contribution in [0.4, 0.5) is 0 Å². The zero-order chi connectivity index (χ0) is 8.97. The van der Waals surface area contributed by atoms with E-state index < -0.39 is 0 Å². The summed E-state index contributed by atoms with van der Waals surface area (Å²) < 4.78 is 5.34. The number of hydrogen-bond acceptors (Lipinski definition) is 3. The molecule has 1 rings (SSSR count). The highest BCUT2D eigenvalue weighted by Crippen LogP contribution is 2.35. The normalized spacial score (nSPS) is 21.4. The van der Waals surface area contributed by atoms with Crippen molar-refractivity contribution in [1.82, 2.24) is 5.43 Å². The molecule has 3 nitrogen and oxygen atoms in total. The standard InChI is InChI=1S/C9H16N2O/c1-3-4-8(11-10)9(12-2)7-5-6-7/h1,7-9,11H,4-6,10H2,2H3. The summed E-state index contributed by atoms with van der Waals surface area (Å²) >= 11 is 0. The van der Waals surface area contributed by atoms with E-state index in [4.69, 9.17) is 17.0 Å². The van der Waals surface area contributed by atoms with Crippen LogP contribution >= 0.6 is 0 Å². The van der Waals surface area contributed by atoms with Gasteiger partial charge in [0.05, 0.1) is 12.1 Å². The first-order valence-corrected chi connectivity index (χ1v) is 4.25. The second-order valence-electron chi connectivity index (χ2n) is 3.22. The van der Waals surface area contributed by atoms with Gasteiger partial charge in [-0.1, -0.05) is 0 Å². The molecule has 1 saturated carbocycles. The van der Waals surface area contributed by atoms with Crippen LogP contribution in [-0.2, 0) is 4.74 Å². The molecule has 0 aromatic heterocycles. The molecule has 0 bridgehead atoms. The van der Waals surface area contributed by atoms with Crippen molar-refractivity contribution in [3.05, 3.63) is 0 Å². The topological polar surface area (TPSA) is 47.3 Å². The van der Waals surface area contributed by atoms with E-state index in [9.17, 15) is 0 Å². The Morgan fingerprint density at radius 2 is 2.42 bits per heavy atom. The molecule has 3 heteroatoms. The van der Waals surface area contributed by atoms with Gasteiger partial charge in [-0.3, -0.25) is 11.3 Å². The first kappa shape index (κ1) is 9.53. The molecule has 1 aliphatic rings. The molecule has 0 saturated heterocycles. The molecular formula is C9H16N2O. The number of hydrazine groups is 1. The molecule has 0 aliphatic heterocycles. The number of hydrogen-bond donors (Lipinski definition) is 2. The predicted octanol–water partition coefficient (Wildman–Crippen LogP) is 0.267. The molecular weight excluding hydrogens is 152 g/mol. The average molecular weight is 168 g/mol. The number of terminal acetylenes is 1. The molecule has 0 aromatic carbocycles. The maximum Gasteiger partial charge on any atom is 0.0775 e. The minimum Gasteiger partial charge on any atom is -0.379 e. The van der Waals surface area contributed by atoms with Crippen molar-refractivity contribution in [1.29, 1.82) is 0 Å². The van der Waals surface area contributed by atoms with Gasteiger partial charge in [-0.05, 0) is 18.8 Å². The SMILES string of the molecule is C#CCC(NN)C(OC)C1CC1. The molecule has 2 atom stereocenters. The minimum atomic E-state index is 0.104. The third-order valence-corrected chi connectivity index (χ3v) is 2.31. The first-order valence-electron chi connectivity index (χ1n) is 4.25. The Bertz CT molecular complexity index is 172. The maximum absolute atomic E-state index is 5.38. The van der Waals surface area contributed by atoms with Gasteiger partial charge >= 0.3 is 0 Å². The van der Waals surface area contributed by atoms with Crippen molar-refractivity contribution in [3.63, 3.8) is 0 Å². The summed E-state index contributed by atoms with van der Waals surface area (Å²) in [5, 5.41) is 0. The van der Waals surface area contributed by atoms with Crippen LogP contribution in [-0.4, -0.2) is 19.3 Å². The van der Waals surface area contributed by atoms with Crippen LogP contribution in [0.25, 0.3) is 0 Å². The van der Waals surface area contributed by atoms with E-state index in [1.54, 1.807) is 7.11 Å². The van der Waals surface area contributed by atoms with Crippen LogP contribution in [0.2, 0.25) is 0 Å². The van der Waals surface area contributed by atoms with Gasteiger partial charge < -0.3 is 4.74 Å². The number of ether oxygens (including phenoxy) is 1. The van der Waals surface area contributed by atoms with Crippen LogP contribution < -0.4 is 11.3 Å². The predicted molar refractivity (Wildman–Crippen MR) is 48.1 cm³/mol. The monoisotopic (exact) mass is 168 g/mol. The van der Waals surface area contributed by atoms with Crippen LogP contribution in [0.3, 0.4) is 0 Å². The number of rotatable bonds is 5. The van der Waals surface area contributed by atoms with E-state index in [0.29, 0.717) is 12.3 Å². The van der Waals surface area contributed by atoms with Crippen LogP contribution in [0.15, 0.2) is 0 Å². The Morgan fingerprint density at radius 1 is 1.75 bits per heavy atom. The van der Waals surface area contributed by atoms with Gasteiger partial charge in [0.25, 0.3) is 0 Å². The van der Waals surface area contributed by atoms with Crippen molar-refractivity contribution in [2.45, 2.75) is 31.4 Å². The van der Waals surface area contributed by atoms with Crippen molar-refractivity contribution in [3.8, 4) is 12.3 Å². The molecule has 0 heterocycles. The molecule has 1 aliphatic carbocycles. The van der Waals surface area contributed by atoms with E-state index in [0.717, 1.165) is 0 Å². The summed E-state index contributed by atoms with van der Waals surface area (Å²) in [6.45, 7) is 0. The fourth-order valence-corrected chi connectivity index (χ4v) is 1.51. The maximum atomic E-state index is 5.38. The smallest absolute Gasteiger partial charge is 0.0775 e. The lowest BCUT2D eigenvalue weighted by Gasteiger charge is -2.23. The summed E-state index contributed by atoms with van der Waals surface area (Å²) in [6, 6.07) is 0.104. The molecule has 1 fully saturated rings. The molecule has 2 unspecified atom stereocenters. The third-order valence-electron chi connectivity index (χ3n) is 2.31. The van der Waals surface area contributed by atoms with E-state index in [1.807, 2.05) is 0 Å². The van der Waals surface area contributed by atoms with Gasteiger partial charge in [0.15, 0.2) is 0 Å². The Kier molecular flexibility index (Phi) is 3.54. The third kappa shape index (κ3) is 2.21. The van der Waals surface area contributed by atoms with Crippen LogP contribution in [0, 0.1) is 18.3 Å². The Morgan fingerprint density at radius 3 is 2.75 bits per heavy atom. The molecule has 68 valence electrons. The van der Waals surface area contributed by atoms with Crippen LogP contribution in [0.1, 0.15) is 19.3 Å². The quantitative estimate of drug-likeness (QED) is 0.352. The van der Waals surface area contributed by atoms with Crippen molar-refractivity contribution >= 4 is 0 Å². The molecule has 0 spiro atoms. The van der Waals surface area contributed by atoms with Gasteiger partial charge in [-0.15, -0.1) is 12.3 Å². The summed E-state index contributed by atoms with van der Waals surface area (Å²) in [7, 11) is 1.71. The van der Waals surface area contributed by atoms with Crippen LogP contribution in [0.5, 0.6) is 0 Å². The Labute approximate surface area is 73.6 Å². The lowest BCUT2D eigenvalue weighted by molar-refractivity contribution is 0.0525. The molecule has 12 heavy (non-hydrogen) atoms. The minimum absolute atomic E-state index is 0.104. The lowest BCUT2D eigenvalue weighted by atomic mass is 10.0. The van der Waals surface area contributed by atoms with Gasteiger partial charge in [0, 0.05) is 13.5 Å². The van der Waals surface area contributed by atoms with Gasteiger partial charge in [-0.2, -0.15) is 0 Å². The lowest BCUT2D eigenvalue weighted by Crippen LogP contribution is -2.45. The van der Waals surface area contributed by atoms with Crippen molar-refractivity contribution in [2.24, 2.45) is 11.8 Å². The Balaban J connectivity index is 2.42. The molecule has 0 amide bonds. The molecule has 0 aromatic rings. The number of nitrogens with two attached hydrogens (primary N) is 1. The highest BCUT2D eigenvalue weighted by molar-refractivity contribution is 4.97. The van der Waals surface area contributed by atoms with E-state index >= 15 is 0 Å². The average Bonchev–Trinajstić information content (AvgIpc) is 2.88. The van der Waals surface area contributed by atoms with E-state index in [-0.39, 0.29) is 12.1 Å². The highest BCUT2D eigenvalue weighted by atomic mass is 16.5. The fourth-order valence-electron chi connectivity index (χ4n) is 1.51.